The summed E-state index contributed by atoms with van der Waals surface area (Å²) < 4.78 is 10.5. The number of rotatable bonds is 4. The minimum absolute atomic E-state index is 0.143. The quantitative estimate of drug-likeness (QED) is 0.898. The molecule has 0 bridgehead atoms. The molecule has 2 aromatic rings. The van der Waals surface area contributed by atoms with Crippen molar-refractivity contribution in [3.05, 3.63) is 46.8 Å². The highest BCUT2D eigenvalue weighted by Crippen LogP contribution is 2.21. The van der Waals surface area contributed by atoms with Crippen molar-refractivity contribution in [1.82, 2.24) is 5.16 Å². The van der Waals surface area contributed by atoms with E-state index in [1.165, 1.54) is 6.07 Å². The van der Waals surface area contributed by atoms with E-state index < -0.39 is 5.97 Å². The van der Waals surface area contributed by atoms with E-state index in [-0.39, 0.29) is 12.2 Å². The summed E-state index contributed by atoms with van der Waals surface area (Å²) in [7, 11) is 0. The Morgan fingerprint density at radius 2 is 2.11 bits per heavy atom. The van der Waals surface area contributed by atoms with Gasteiger partial charge >= 0.3 is 5.97 Å². The SMILES string of the molecule is Cc1noc(C)c1COc1ccccc1C(=O)O. The van der Waals surface area contributed by atoms with Gasteiger partial charge in [-0.05, 0) is 26.0 Å². The maximum atomic E-state index is 11.0. The molecular formula is C13H13NO4. The van der Waals surface area contributed by atoms with E-state index in [0.717, 1.165) is 11.3 Å². The minimum Gasteiger partial charge on any atom is -0.488 e. The van der Waals surface area contributed by atoms with E-state index in [4.69, 9.17) is 14.4 Å². The molecule has 94 valence electrons. The molecule has 1 heterocycles. The molecule has 1 aromatic carbocycles. The molecule has 0 aliphatic carbocycles. The number of ether oxygens (including phenoxy) is 1. The minimum atomic E-state index is -1.01. The molecule has 1 aromatic heterocycles. The van der Waals surface area contributed by atoms with Crippen LogP contribution in [-0.4, -0.2) is 16.2 Å². The lowest BCUT2D eigenvalue weighted by Crippen LogP contribution is -2.04. The van der Waals surface area contributed by atoms with Gasteiger partial charge in [-0.3, -0.25) is 0 Å². The van der Waals surface area contributed by atoms with Crippen LogP contribution in [0.3, 0.4) is 0 Å². The van der Waals surface area contributed by atoms with E-state index in [1.807, 2.05) is 6.92 Å². The average Bonchev–Trinajstić information content (AvgIpc) is 2.67. The molecule has 0 aliphatic heterocycles. The third-order valence-electron chi connectivity index (χ3n) is 2.67. The van der Waals surface area contributed by atoms with Gasteiger partial charge in [0.2, 0.25) is 0 Å². The van der Waals surface area contributed by atoms with Crippen molar-refractivity contribution < 1.29 is 19.2 Å². The summed E-state index contributed by atoms with van der Waals surface area (Å²) in [6.07, 6.45) is 0. The van der Waals surface area contributed by atoms with Crippen LogP contribution in [0.25, 0.3) is 0 Å². The zero-order chi connectivity index (χ0) is 13.1. The highest BCUT2D eigenvalue weighted by molar-refractivity contribution is 5.90. The van der Waals surface area contributed by atoms with Gasteiger partial charge in [-0.25, -0.2) is 4.79 Å². The second kappa shape index (κ2) is 4.91. The number of aromatic nitrogens is 1. The summed E-state index contributed by atoms with van der Waals surface area (Å²) in [6.45, 7) is 3.85. The Labute approximate surface area is 104 Å². The molecule has 0 saturated carbocycles. The molecule has 18 heavy (non-hydrogen) atoms. The number of aryl methyl sites for hydroxylation is 2. The number of hydrogen-bond donors (Lipinski definition) is 1. The second-order valence-corrected chi connectivity index (χ2v) is 3.89. The zero-order valence-corrected chi connectivity index (χ0v) is 10.1. The van der Waals surface area contributed by atoms with Gasteiger partial charge in [-0.2, -0.15) is 0 Å². The van der Waals surface area contributed by atoms with Crippen molar-refractivity contribution in [3.63, 3.8) is 0 Å². The maximum absolute atomic E-state index is 11.0. The van der Waals surface area contributed by atoms with Crippen LogP contribution >= 0.6 is 0 Å². The Balaban J connectivity index is 2.18. The fourth-order valence-electron chi connectivity index (χ4n) is 1.63. The fourth-order valence-corrected chi connectivity index (χ4v) is 1.63. The normalized spacial score (nSPS) is 10.3. The Bertz CT molecular complexity index is 555. The second-order valence-electron chi connectivity index (χ2n) is 3.89. The van der Waals surface area contributed by atoms with Crippen LogP contribution in [0.1, 0.15) is 27.4 Å². The van der Waals surface area contributed by atoms with Gasteiger partial charge in [0.05, 0.1) is 11.3 Å². The van der Waals surface area contributed by atoms with Crippen molar-refractivity contribution >= 4 is 5.97 Å². The Morgan fingerprint density at radius 1 is 1.39 bits per heavy atom. The van der Waals surface area contributed by atoms with Crippen LogP contribution in [-0.2, 0) is 6.61 Å². The zero-order valence-electron chi connectivity index (χ0n) is 10.1. The van der Waals surface area contributed by atoms with Gasteiger partial charge in [-0.15, -0.1) is 0 Å². The van der Waals surface area contributed by atoms with Crippen LogP contribution in [0.15, 0.2) is 28.8 Å². The summed E-state index contributed by atoms with van der Waals surface area (Å²) >= 11 is 0. The number of para-hydroxylation sites is 1. The van der Waals surface area contributed by atoms with E-state index >= 15 is 0 Å². The standard InChI is InChI=1S/C13H13NO4/c1-8-11(9(2)18-14-8)7-17-12-6-4-3-5-10(12)13(15)16/h3-6H,7H2,1-2H3,(H,15,16). The van der Waals surface area contributed by atoms with Gasteiger partial charge in [0.25, 0.3) is 0 Å². The molecule has 0 amide bonds. The summed E-state index contributed by atoms with van der Waals surface area (Å²) in [5.74, 6) is 0.00895. The third kappa shape index (κ3) is 2.34. The lowest BCUT2D eigenvalue weighted by Gasteiger charge is -2.08. The molecule has 0 radical (unpaired) electrons. The molecule has 0 aliphatic rings. The van der Waals surface area contributed by atoms with E-state index in [0.29, 0.717) is 11.5 Å². The van der Waals surface area contributed by atoms with E-state index in [9.17, 15) is 4.79 Å². The first-order valence-corrected chi connectivity index (χ1v) is 5.46. The summed E-state index contributed by atoms with van der Waals surface area (Å²) in [5, 5.41) is 12.8. The predicted octanol–water partition coefficient (Wildman–Crippen LogP) is 2.57. The molecule has 0 atom stereocenters. The molecule has 1 N–H and O–H groups in total. The van der Waals surface area contributed by atoms with Crippen molar-refractivity contribution in [2.75, 3.05) is 0 Å². The Morgan fingerprint density at radius 3 is 2.72 bits per heavy atom. The van der Waals surface area contributed by atoms with Crippen molar-refractivity contribution in [2.45, 2.75) is 20.5 Å². The summed E-state index contributed by atoms with van der Waals surface area (Å²) in [6, 6.07) is 6.52. The first kappa shape index (κ1) is 12.2. The van der Waals surface area contributed by atoms with Gasteiger partial charge in [-0.1, -0.05) is 17.3 Å². The smallest absolute Gasteiger partial charge is 0.339 e. The van der Waals surface area contributed by atoms with Crippen LogP contribution in [0.2, 0.25) is 0 Å². The molecule has 5 heteroatoms. The monoisotopic (exact) mass is 247 g/mol. The Hall–Kier alpha value is -2.30. The van der Waals surface area contributed by atoms with Crippen molar-refractivity contribution in [1.29, 1.82) is 0 Å². The predicted molar refractivity (Wildman–Crippen MR) is 63.7 cm³/mol. The molecule has 0 spiro atoms. The lowest BCUT2D eigenvalue weighted by atomic mass is 10.2. The fraction of sp³-hybridized carbons (Fsp3) is 0.231. The van der Waals surface area contributed by atoms with E-state index in [2.05, 4.69) is 5.16 Å². The number of nitrogens with zero attached hydrogens (tertiary/aromatic N) is 1. The van der Waals surface area contributed by atoms with Crippen LogP contribution in [0, 0.1) is 13.8 Å². The molecule has 0 unspecified atom stereocenters. The number of carboxylic acid groups (broad SMARTS) is 1. The lowest BCUT2D eigenvalue weighted by molar-refractivity contribution is 0.0692. The van der Waals surface area contributed by atoms with Crippen molar-refractivity contribution in [2.24, 2.45) is 0 Å². The average molecular weight is 247 g/mol. The summed E-state index contributed by atoms with van der Waals surface area (Å²) in [4.78, 5) is 11.0. The third-order valence-corrected chi connectivity index (χ3v) is 2.67. The number of benzene rings is 1. The van der Waals surface area contributed by atoms with Gasteiger partial charge in [0.15, 0.2) is 0 Å². The molecule has 0 saturated heterocycles. The highest BCUT2D eigenvalue weighted by Gasteiger charge is 2.13. The summed E-state index contributed by atoms with van der Waals surface area (Å²) in [5.41, 5.74) is 1.74. The molecule has 5 nitrogen and oxygen atoms in total. The topological polar surface area (TPSA) is 72.6 Å². The maximum Gasteiger partial charge on any atom is 0.339 e. The van der Waals surface area contributed by atoms with Crippen molar-refractivity contribution in [3.8, 4) is 5.75 Å². The molecule has 2 rings (SSSR count). The van der Waals surface area contributed by atoms with Crippen LogP contribution in [0.5, 0.6) is 5.75 Å². The number of carboxylic acids is 1. The number of hydrogen-bond acceptors (Lipinski definition) is 4. The number of carbonyl (C=O) groups is 1. The largest absolute Gasteiger partial charge is 0.488 e. The molecular weight excluding hydrogens is 234 g/mol. The highest BCUT2D eigenvalue weighted by atomic mass is 16.5. The van der Waals surface area contributed by atoms with Gasteiger partial charge < -0.3 is 14.4 Å². The first-order chi connectivity index (χ1) is 8.59. The first-order valence-electron chi connectivity index (χ1n) is 5.46. The number of aromatic carboxylic acids is 1. The van der Waals surface area contributed by atoms with Gasteiger partial charge in [0.1, 0.15) is 23.7 Å². The van der Waals surface area contributed by atoms with Crippen LogP contribution < -0.4 is 4.74 Å². The van der Waals surface area contributed by atoms with E-state index in [1.54, 1.807) is 25.1 Å². The van der Waals surface area contributed by atoms with Gasteiger partial charge in [0, 0.05) is 0 Å². The molecule has 0 fully saturated rings. The Kier molecular flexibility index (Phi) is 3.32. The van der Waals surface area contributed by atoms with Crippen LogP contribution in [0.4, 0.5) is 0 Å².